The van der Waals surface area contributed by atoms with Crippen molar-refractivity contribution in [2.75, 3.05) is 11.8 Å². The van der Waals surface area contributed by atoms with Gasteiger partial charge in [-0.3, -0.25) is 14.8 Å². The van der Waals surface area contributed by atoms with Crippen LogP contribution in [0, 0.1) is 15.9 Å². The first-order valence-corrected chi connectivity index (χ1v) is 11.9. The molecule has 3 rings (SSSR count). The minimum absolute atomic E-state index is 0.161. The molecule has 0 spiro atoms. The number of esters is 1. The van der Waals surface area contributed by atoms with Gasteiger partial charge in [0, 0.05) is 11.0 Å². The summed E-state index contributed by atoms with van der Waals surface area (Å²) in [6.07, 6.45) is 0. The minimum atomic E-state index is -4.38. The van der Waals surface area contributed by atoms with Crippen molar-refractivity contribution in [3.63, 3.8) is 0 Å². The fourth-order valence-electron chi connectivity index (χ4n) is 2.65. The minimum Gasteiger partial charge on any atom is -0.465 e. The first-order chi connectivity index (χ1) is 15.5. The smallest absolute Gasteiger partial charge is 0.340 e. The van der Waals surface area contributed by atoms with Gasteiger partial charge in [0.05, 0.1) is 43.1 Å². The van der Waals surface area contributed by atoms with E-state index in [9.17, 15) is 27.7 Å². The predicted molar refractivity (Wildman–Crippen MR) is 122 cm³/mol. The Kier molecular flexibility index (Phi) is 7.48. The quantitative estimate of drug-likeness (QED) is 0.234. The third kappa shape index (κ3) is 5.74. The van der Waals surface area contributed by atoms with Gasteiger partial charge in [-0.2, -0.15) is 0 Å². The highest BCUT2D eigenvalue weighted by molar-refractivity contribution is 7.99. The van der Waals surface area contributed by atoms with Crippen molar-refractivity contribution in [2.24, 2.45) is 0 Å². The van der Waals surface area contributed by atoms with Crippen molar-refractivity contribution in [3.8, 4) is 0 Å². The molecule has 0 saturated heterocycles. The van der Waals surface area contributed by atoms with E-state index in [2.05, 4.69) is 9.46 Å². The second-order valence-corrected chi connectivity index (χ2v) is 9.96. The number of carbonyl (C=O) groups is 1. The monoisotopic (exact) mass is 530 g/mol. The number of nitro benzene ring substituents is 1. The molecule has 0 heterocycles. The second-order valence-electron chi connectivity index (χ2n) is 6.35. The Bertz CT molecular complexity index is 1370. The van der Waals surface area contributed by atoms with Gasteiger partial charge in [0.25, 0.3) is 15.7 Å². The summed E-state index contributed by atoms with van der Waals surface area (Å²) >= 11 is 12.9. The maximum absolute atomic E-state index is 13.5. The van der Waals surface area contributed by atoms with Gasteiger partial charge >= 0.3 is 5.97 Å². The molecule has 0 aliphatic carbocycles. The molecule has 0 saturated carbocycles. The molecule has 33 heavy (non-hydrogen) atoms. The molecule has 0 bridgehead atoms. The van der Waals surface area contributed by atoms with Crippen LogP contribution in [0.25, 0.3) is 0 Å². The van der Waals surface area contributed by atoms with E-state index in [0.29, 0.717) is 9.92 Å². The topological polar surface area (TPSA) is 116 Å². The van der Waals surface area contributed by atoms with Gasteiger partial charge in [0.1, 0.15) is 5.82 Å². The van der Waals surface area contributed by atoms with E-state index in [1.807, 2.05) is 0 Å². The van der Waals surface area contributed by atoms with E-state index in [1.165, 1.54) is 18.2 Å². The number of hydrogen-bond acceptors (Lipinski definition) is 7. The summed E-state index contributed by atoms with van der Waals surface area (Å²) in [5.41, 5.74) is -1.08. The number of hydrogen-bond donors (Lipinski definition) is 1. The predicted octanol–water partition coefficient (Wildman–Crippen LogP) is 5.78. The number of nitro groups is 1. The molecule has 0 aromatic heterocycles. The Morgan fingerprint density at radius 3 is 2.45 bits per heavy atom. The first kappa shape index (κ1) is 24.8. The van der Waals surface area contributed by atoms with Gasteiger partial charge in [-0.05, 0) is 48.5 Å². The standard InChI is InChI=1S/C20H13Cl2FN2O6S2/c1-31-20(26)14-8-11(23)2-6-17(14)24-33(29,30)13-4-7-19(18(10-13)25(27)28)32-12-3-5-15(21)16(22)9-12/h2-10,24H,1H3. The highest BCUT2D eigenvalue weighted by Crippen LogP contribution is 2.38. The highest BCUT2D eigenvalue weighted by atomic mass is 35.5. The van der Waals surface area contributed by atoms with Crippen LogP contribution in [0.2, 0.25) is 10.0 Å². The van der Waals surface area contributed by atoms with Crippen LogP contribution in [0.1, 0.15) is 10.4 Å². The first-order valence-electron chi connectivity index (χ1n) is 8.84. The van der Waals surface area contributed by atoms with Crippen LogP contribution in [-0.4, -0.2) is 26.4 Å². The van der Waals surface area contributed by atoms with Gasteiger partial charge in [0.15, 0.2) is 0 Å². The average molecular weight is 531 g/mol. The van der Waals surface area contributed by atoms with Crippen molar-refractivity contribution in [2.45, 2.75) is 14.7 Å². The van der Waals surface area contributed by atoms with Crippen LogP contribution < -0.4 is 4.72 Å². The molecule has 0 atom stereocenters. The van der Waals surface area contributed by atoms with E-state index < -0.39 is 37.3 Å². The Hall–Kier alpha value is -2.86. The fraction of sp³-hybridized carbons (Fsp3) is 0.0500. The average Bonchev–Trinajstić information content (AvgIpc) is 2.76. The second kappa shape index (κ2) is 9.96. The van der Waals surface area contributed by atoms with Gasteiger partial charge < -0.3 is 4.74 Å². The number of carbonyl (C=O) groups excluding carboxylic acids is 1. The third-order valence-corrected chi connectivity index (χ3v) is 7.34. The molecule has 0 radical (unpaired) electrons. The lowest BCUT2D eigenvalue weighted by molar-refractivity contribution is -0.388. The summed E-state index contributed by atoms with van der Waals surface area (Å²) in [4.78, 5) is 23.0. The zero-order chi connectivity index (χ0) is 24.3. The maximum atomic E-state index is 13.5. The van der Waals surface area contributed by atoms with Gasteiger partial charge in [-0.25, -0.2) is 17.6 Å². The van der Waals surface area contributed by atoms with Crippen LogP contribution >= 0.6 is 35.0 Å². The number of nitrogens with one attached hydrogen (secondary N) is 1. The number of benzene rings is 3. The summed E-state index contributed by atoms with van der Waals surface area (Å²) in [5.74, 6) is -1.75. The molecule has 8 nitrogen and oxygen atoms in total. The number of halogens is 3. The summed E-state index contributed by atoms with van der Waals surface area (Å²) in [5, 5.41) is 12.2. The lowest BCUT2D eigenvalue weighted by Crippen LogP contribution is -2.16. The van der Waals surface area contributed by atoms with Gasteiger partial charge in [-0.15, -0.1) is 0 Å². The molecular weight excluding hydrogens is 518 g/mol. The number of nitrogens with zero attached hydrogens (tertiary/aromatic N) is 1. The molecule has 3 aromatic carbocycles. The van der Waals surface area contributed by atoms with Crippen LogP contribution in [0.15, 0.2) is 69.3 Å². The Balaban J connectivity index is 1.98. The van der Waals surface area contributed by atoms with Crippen LogP contribution in [0.4, 0.5) is 15.8 Å². The summed E-state index contributed by atoms with van der Waals surface area (Å²) in [6.45, 7) is 0. The van der Waals surface area contributed by atoms with Crippen LogP contribution in [0.5, 0.6) is 0 Å². The van der Waals surface area contributed by atoms with E-state index in [0.717, 1.165) is 49.2 Å². The van der Waals surface area contributed by atoms with Crippen LogP contribution in [0.3, 0.4) is 0 Å². The molecule has 0 aliphatic heterocycles. The lowest BCUT2D eigenvalue weighted by Gasteiger charge is -2.12. The van der Waals surface area contributed by atoms with E-state index in [-0.39, 0.29) is 21.2 Å². The highest BCUT2D eigenvalue weighted by Gasteiger charge is 2.24. The lowest BCUT2D eigenvalue weighted by atomic mass is 10.2. The van der Waals surface area contributed by atoms with Crippen molar-refractivity contribution >= 4 is 62.3 Å². The van der Waals surface area contributed by atoms with Crippen molar-refractivity contribution in [1.29, 1.82) is 0 Å². The molecule has 172 valence electrons. The van der Waals surface area contributed by atoms with Gasteiger partial charge in [0.2, 0.25) is 0 Å². The zero-order valence-corrected chi connectivity index (χ0v) is 19.7. The number of methoxy groups -OCH3 is 1. The molecule has 0 fully saturated rings. The molecule has 3 aromatic rings. The summed E-state index contributed by atoms with van der Waals surface area (Å²) in [6, 6.07) is 10.8. The van der Waals surface area contributed by atoms with Gasteiger partial charge in [-0.1, -0.05) is 35.0 Å². The summed E-state index contributed by atoms with van der Waals surface area (Å²) < 4.78 is 45.9. The Morgan fingerprint density at radius 1 is 1.09 bits per heavy atom. The number of ether oxygens (including phenoxy) is 1. The molecule has 0 aliphatic rings. The molecule has 1 N–H and O–H groups in total. The van der Waals surface area contributed by atoms with Crippen molar-refractivity contribution < 1.29 is 27.3 Å². The Labute approximate surface area is 201 Å². The molecular formula is C20H13Cl2FN2O6S2. The van der Waals surface area contributed by atoms with Crippen molar-refractivity contribution in [3.05, 3.63) is 86.1 Å². The summed E-state index contributed by atoms with van der Waals surface area (Å²) in [7, 11) is -3.33. The Morgan fingerprint density at radius 2 is 1.82 bits per heavy atom. The maximum Gasteiger partial charge on any atom is 0.340 e. The number of sulfonamides is 1. The molecule has 0 unspecified atom stereocenters. The normalized spacial score (nSPS) is 11.2. The molecule has 13 heteroatoms. The molecule has 0 amide bonds. The van der Waals surface area contributed by atoms with E-state index in [4.69, 9.17) is 23.2 Å². The largest absolute Gasteiger partial charge is 0.465 e. The zero-order valence-electron chi connectivity index (χ0n) is 16.5. The van der Waals surface area contributed by atoms with Crippen molar-refractivity contribution in [1.82, 2.24) is 0 Å². The van der Waals surface area contributed by atoms with E-state index >= 15 is 0 Å². The third-order valence-electron chi connectivity index (χ3n) is 4.19. The van der Waals surface area contributed by atoms with E-state index in [1.54, 1.807) is 6.07 Å². The van der Waals surface area contributed by atoms with Crippen LogP contribution in [-0.2, 0) is 14.8 Å². The SMILES string of the molecule is COC(=O)c1cc(F)ccc1NS(=O)(=O)c1ccc(Sc2ccc(Cl)c(Cl)c2)c([N+](=O)[O-])c1. The number of anilines is 1. The number of rotatable bonds is 7. The fourth-order valence-corrected chi connectivity index (χ4v) is 5.05.